The van der Waals surface area contributed by atoms with Crippen LogP contribution in [0.2, 0.25) is 5.02 Å². The Hall–Kier alpha value is -4.33. The number of pyridine rings is 1. The van der Waals surface area contributed by atoms with Crippen molar-refractivity contribution in [2.24, 2.45) is 0 Å². The third kappa shape index (κ3) is 4.96. The molecule has 9 nitrogen and oxygen atoms in total. The SMILES string of the molecule is Nc1ncnc(Oc2ccc(NC(=O)c3cnn(-c4cc(F)ccn4)c3C(F)(F)F)cc2F)c1Cl. The molecule has 15 heteroatoms. The fraction of sp³-hybridized carbons (Fsp3) is 0.0500. The molecule has 35 heavy (non-hydrogen) atoms. The minimum atomic E-state index is -5.06. The third-order valence-corrected chi connectivity index (χ3v) is 4.74. The molecule has 0 aliphatic carbocycles. The van der Waals surface area contributed by atoms with Crippen LogP contribution in [-0.4, -0.2) is 30.6 Å². The van der Waals surface area contributed by atoms with Crippen molar-refractivity contribution in [3.8, 4) is 17.4 Å². The lowest BCUT2D eigenvalue weighted by Crippen LogP contribution is -2.21. The number of nitrogens with zero attached hydrogens (tertiary/aromatic N) is 5. The first-order valence-electron chi connectivity index (χ1n) is 9.36. The molecule has 0 saturated heterocycles. The fourth-order valence-electron chi connectivity index (χ4n) is 2.87. The lowest BCUT2D eigenvalue weighted by atomic mass is 10.2. The number of benzene rings is 1. The van der Waals surface area contributed by atoms with E-state index < -0.39 is 40.8 Å². The predicted octanol–water partition coefficient (Wildman–Crippen LogP) is 4.63. The summed E-state index contributed by atoms with van der Waals surface area (Å²) in [6, 6.07) is 4.71. The van der Waals surface area contributed by atoms with Crippen molar-refractivity contribution in [3.05, 3.63) is 77.0 Å². The highest BCUT2D eigenvalue weighted by atomic mass is 35.5. The van der Waals surface area contributed by atoms with Gasteiger partial charge in [-0.3, -0.25) is 4.79 Å². The second-order valence-corrected chi connectivity index (χ2v) is 7.11. The molecule has 4 rings (SSSR count). The number of ether oxygens (including phenoxy) is 1. The maximum Gasteiger partial charge on any atom is 0.434 e. The number of alkyl halides is 3. The number of amides is 1. The zero-order valence-electron chi connectivity index (χ0n) is 17.0. The number of carbonyl (C=O) groups excluding carboxylic acids is 1. The molecule has 3 aromatic heterocycles. The highest BCUT2D eigenvalue weighted by Crippen LogP contribution is 2.35. The number of rotatable bonds is 5. The summed E-state index contributed by atoms with van der Waals surface area (Å²) in [6.45, 7) is 0. The number of nitrogens with one attached hydrogen (secondary N) is 1. The summed E-state index contributed by atoms with van der Waals surface area (Å²) >= 11 is 5.89. The van der Waals surface area contributed by atoms with Crippen molar-refractivity contribution in [1.82, 2.24) is 24.7 Å². The molecule has 3 heterocycles. The molecule has 0 saturated carbocycles. The van der Waals surface area contributed by atoms with Gasteiger partial charge in [0.2, 0.25) is 5.88 Å². The number of nitrogen functional groups attached to an aromatic ring is 1. The maximum absolute atomic E-state index is 14.5. The van der Waals surface area contributed by atoms with Crippen molar-refractivity contribution >= 4 is 29.0 Å². The van der Waals surface area contributed by atoms with Crippen molar-refractivity contribution < 1.29 is 31.5 Å². The van der Waals surface area contributed by atoms with Crippen LogP contribution >= 0.6 is 11.6 Å². The molecule has 0 atom stereocenters. The van der Waals surface area contributed by atoms with Gasteiger partial charge in [0.1, 0.15) is 23.0 Å². The highest BCUT2D eigenvalue weighted by molar-refractivity contribution is 6.34. The molecule has 0 spiro atoms. The van der Waals surface area contributed by atoms with Gasteiger partial charge in [-0.05, 0) is 18.2 Å². The Morgan fingerprint density at radius 3 is 2.57 bits per heavy atom. The zero-order valence-corrected chi connectivity index (χ0v) is 17.8. The van der Waals surface area contributed by atoms with Crippen LogP contribution in [0.1, 0.15) is 16.1 Å². The molecule has 0 fully saturated rings. The van der Waals surface area contributed by atoms with Gasteiger partial charge in [0, 0.05) is 24.0 Å². The molecule has 0 bridgehead atoms. The summed E-state index contributed by atoms with van der Waals surface area (Å²) in [4.78, 5) is 23.6. The van der Waals surface area contributed by atoms with E-state index in [1.54, 1.807) is 0 Å². The summed E-state index contributed by atoms with van der Waals surface area (Å²) in [5.74, 6) is -4.28. The molecule has 0 aliphatic heterocycles. The predicted molar refractivity (Wildman–Crippen MR) is 112 cm³/mol. The first-order chi connectivity index (χ1) is 16.5. The summed E-state index contributed by atoms with van der Waals surface area (Å²) < 4.78 is 74.8. The van der Waals surface area contributed by atoms with E-state index in [-0.39, 0.29) is 32.8 Å². The van der Waals surface area contributed by atoms with E-state index in [1.165, 1.54) is 6.07 Å². The van der Waals surface area contributed by atoms with Crippen LogP contribution in [0.4, 0.5) is 33.5 Å². The number of anilines is 2. The van der Waals surface area contributed by atoms with E-state index in [1.807, 2.05) is 0 Å². The summed E-state index contributed by atoms with van der Waals surface area (Å²) in [5, 5.41) is 5.52. The highest BCUT2D eigenvalue weighted by Gasteiger charge is 2.41. The zero-order chi connectivity index (χ0) is 25.3. The van der Waals surface area contributed by atoms with Crippen LogP contribution in [0, 0.1) is 11.6 Å². The van der Waals surface area contributed by atoms with Crippen molar-refractivity contribution in [2.45, 2.75) is 6.18 Å². The Morgan fingerprint density at radius 1 is 1.11 bits per heavy atom. The number of hydrogen-bond acceptors (Lipinski definition) is 7. The molecule has 4 aromatic rings. The largest absolute Gasteiger partial charge is 0.434 e. The molecule has 1 amide bonds. The summed E-state index contributed by atoms with van der Waals surface area (Å²) in [7, 11) is 0. The molecule has 0 radical (unpaired) electrons. The van der Waals surface area contributed by atoms with Crippen LogP contribution < -0.4 is 15.8 Å². The maximum atomic E-state index is 14.5. The van der Waals surface area contributed by atoms with E-state index >= 15 is 0 Å². The minimum Gasteiger partial charge on any atom is -0.434 e. The van der Waals surface area contributed by atoms with Crippen molar-refractivity contribution in [2.75, 3.05) is 11.1 Å². The van der Waals surface area contributed by atoms with E-state index in [0.29, 0.717) is 6.20 Å². The monoisotopic (exact) mass is 511 g/mol. The molecule has 180 valence electrons. The van der Waals surface area contributed by atoms with Gasteiger partial charge in [0.15, 0.2) is 23.1 Å². The van der Waals surface area contributed by atoms with Gasteiger partial charge in [0.05, 0.1) is 11.8 Å². The van der Waals surface area contributed by atoms with E-state index in [2.05, 4.69) is 25.4 Å². The Balaban J connectivity index is 1.60. The van der Waals surface area contributed by atoms with Gasteiger partial charge < -0.3 is 15.8 Å². The van der Waals surface area contributed by atoms with Crippen molar-refractivity contribution in [3.63, 3.8) is 0 Å². The van der Waals surface area contributed by atoms with Gasteiger partial charge in [-0.2, -0.15) is 23.3 Å². The van der Waals surface area contributed by atoms with Crippen molar-refractivity contribution in [1.29, 1.82) is 0 Å². The lowest BCUT2D eigenvalue weighted by molar-refractivity contribution is -0.143. The minimum absolute atomic E-state index is 0.101. The average Bonchev–Trinajstić information content (AvgIpc) is 3.25. The van der Waals surface area contributed by atoms with Crippen LogP contribution in [0.3, 0.4) is 0 Å². The first-order valence-corrected chi connectivity index (χ1v) is 9.74. The second kappa shape index (κ2) is 9.13. The number of halogens is 6. The number of nitrogens with two attached hydrogens (primary N) is 1. The first kappa shape index (κ1) is 23.8. The van der Waals surface area contributed by atoms with E-state index in [4.69, 9.17) is 22.1 Å². The average molecular weight is 512 g/mol. The summed E-state index contributed by atoms with van der Waals surface area (Å²) in [5.41, 5.74) is 2.93. The topological polar surface area (TPSA) is 121 Å². The van der Waals surface area contributed by atoms with E-state index in [9.17, 15) is 26.7 Å². The smallest absolute Gasteiger partial charge is 0.434 e. The molecule has 1 aromatic carbocycles. The Labute approximate surface area is 197 Å². The standard InChI is InChI=1S/C20H11ClF5N7O2/c21-15-17(27)29-8-30-19(15)35-13-2-1-10(6-12(13)23)32-18(34)11-7-31-33(16(11)20(24,25)26)14-5-9(22)3-4-28-14/h1-8H,(H,32,34)(H2,27,29,30). The lowest BCUT2D eigenvalue weighted by Gasteiger charge is -2.13. The van der Waals surface area contributed by atoms with Crippen LogP contribution in [0.15, 0.2) is 49.1 Å². The Morgan fingerprint density at radius 2 is 1.89 bits per heavy atom. The number of aromatic nitrogens is 5. The van der Waals surface area contributed by atoms with Gasteiger partial charge in [-0.1, -0.05) is 11.6 Å². The number of carbonyl (C=O) groups is 1. The molecule has 0 unspecified atom stereocenters. The Bertz CT molecular complexity index is 1430. The molecular weight excluding hydrogens is 501 g/mol. The Kier molecular flexibility index (Phi) is 6.22. The third-order valence-electron chi connectivity index (χ3n) is 4.39. The van der Waals surface area contributed by atoms with E-state index in [0.717, 1.165) is 36.8 Å². The second-order valence-electron chi connectivity index (χ2n) is 6.73. The van der Waals surface area contributed by atoms with Crippen LogP contribution in [0.25, 0.3) is 5.82 Å². The number of hydrogen-bond donors (Lipinski definition) is 2. The molecule has 3 N–H and O–H groups in total. The normalized spacial score (nSPS) is 11.4. The quantitative estimate of drug-likeness (QED) is 0.375. The molecular formula is C20H11ClF5N7O2. The summed E-state index contributed by atoms with van der Waals surface area (Å²) in [6.07, 6.45) is -2.43. The van der Waals surface area contributed by atoms with Gasteiger partial charge in [0.25, 0.3) is 5.91 Å². The van der Waals surface area contributed by atoms with Gasteiger partial charge >= 0.3 is 6.18 Å². The van der Waals surface area contributed by atoms with Crippen LogP contribution in [-0.2, 0) is 6.18 Å². The van der Waals surface area contributed by atoms with Gasteiger partial charge in [-0.25, -0.2) is 23.4 Å². The fourth-order valence-corrected chi connectivity index (χ4v) is 3.01. The van der Waals surface area contributed by atoms with Crippen LogP contribution in [0.5, 0.6) is 11.6 Å². The van der Waals surface area contributed by atoms with Gasteiger partial charge in [-0.15, -0.1) is 0 Å². The molecule has 0 aliphatic rings.